The molecule has 0 amide bonds. The SMILES string of the molecule is c1ccc(-c2ccc(-c3cc(-c4cccc(-c5nc6ccccc6c6c5ccn5cc(-c7ccccc7)nc65)c4)nc(-c4ccccc4)n3)cc2)cc1. The molecule has 0 saturated heterocycles. The van der Waals surface area contributed by atoms with Gasteiger partial charge in [0.05, 0.1) is 28.3 Å². The number of para-hydroxylation sites is 1. The molecule has 0 unspecified atom stereocenters. The van der Waals surface area contributed by atoms with Crippen molar-refractivity contribution in [3.8, 4) is 67.5 Å². The number of nitrogens with zero attached hydrogens (tertiary/aromatic N) is 5. The number of hydrogen-bond acceptors (Lipinski definition) is 4. The van der Waals surface area contributed by atoms with Gasteiger partial charge in [0, 0.05) is 56.4 Å². The molecule has 0 N–H and O–H groups in total. The highest BCUT2D eigenvalue weighted by Crippen LogP contribution is 2.37. The molecule has 4 heterocycles. The van der Waals surface area contributed by atoms with Crippen molar-refractivity contribution in [3.05, 3.63) is 188 Å². The molecule has 0 bridgehead atoms. The van der Waals surface area contributed by atoms with E-state index in [0.717, 1.165) is 77.9 Å². The van der Waals surface area contributed by atoms with Gasteiger partial charge in [0.15, 0.2) is 5.82 Å². The van der Waals surface area contributed by atoms with E-state index in [2.05, 4.69) is 144 Å². The molecular formula is C48H31N5. The van der Waals surface area contributed by atoms with E-state index >= 15 is 0 Å². The van der Waals surface area contributed by atoms with Crippen LogP contribution in [0.4, 0.5) is 0 Å². The van der Waals surface area contributed by atoms with Crippen LogP contribution < -0.4 is 0 Å². The zero-order valence-corrected chi connectivity index (χ0v) is 28.6. The van der Waals surface area contributed by atoms with Crippen LogP contribution in [-0.2, 0) is 0 Å². The molecular weight excluding hydrogens is 647 g/mol. The molecule has 5 heteroatoms. The second kappa shape index (κ2) is 12.8. The summed E-state index contributed by atoms with van der Waals surface area (Å²) in [4.78, 5) is 20.7. The van der Waals surface area contributed by atoms with Crippen LogP contribution in [0.1, 0.15) is 0 Å². The molecule has 5 nitrogen and oxygen atoms in total. The summed E-state index contributed by atoms with van der Waals surface area (Å²) in [6.07, 6.45) is 4.19. The first kappa shape index (κ1) is 30.6. The van der Waals surface area contributed by atoms with Gasteiger partial charge in [-0.2, -0.15) is 0 Å². The van der Waals surface area contributed by atoms with Gasteiger partial charge >= 0.3 is 0 Å². The van der Waals surface area contributed by atoms with Crippen LogP contribution in [0.2, 0.25) is 0 Å². The van der Waals surface area contributed by atoms with Crippen molar-refractivity contribution in [2.24, 2.45) is 0 Å². The first-order valence-corrected chi connectivity index (χ1v) is 17.7. The van der Waals surface area contributed by atoms with Crippen LogP contribution in [0.3, 0.4) is 0 Å². The lowest BCUT2D eigenvalue weighted by molar-refractivity contribution is 1.18. The number of hydrogen-bond donors (Lipinski definition) is 0. The second-order valence-electron chi connectivity index (χ2n) is 13.2. The number of benzene rings is 6. The van der Waals surface area contributed by atoms with Crippen LogP contribution >= 0.6 is 0 Å². The molecule has 10 rings (SSSR count). The topological polar surface area (TPSA) is 56.0 Å². The van der Waals surface area contributed by atoms with Crippen LogP contribution in [0.25, 0.3) is 94.9 Å². The van der Waals surface area contributed by atoms with Gasteiger partial charge in [-0.05, 0) is 35.4 Å². The highest BCUT2D eigenvalue weighted by atomic mass is 15.0. The van der Waals surface area contributed by atoms with Gasteiger partial charge in [-0.1, -0.05) is 152 Å². The summed E-state index contributed by atoms with van der Waals surface area (Å²) in [5.74, 6) is 0.681. The Morgan fingerprint density at radius 1 is 0.358 bits per heavy atom. The molecule has 53 heavy (non-hydrogen) atoms. The van der Waals surface area contributed by atoms with Gasteiger partial charge in [0.1, 0.15) is 5.65 Å². The third-order valence-corrected chi connectivity index (χ3v) is 9.84. The molecule has 0 fully saturated rings. The maximum absolute atomic E-state index is 5.27. The van der Waals surface area contributed by atoms with Gasteiger partial charge in [-0.25, -0.2) is 19.9 Å². The summed E-state index contributed by atoms with van der Waals surface area (Å²) in [5, 5.41) is 3.20. The van der Waals surface area contributed by atoms with Gasteiger partial charge in [0.2, 0.25) is 0 Å². The third kappa shape index (κ3) is 5.61. The smallest absolute Gasteiger partial charge is 0.160 e. The Morgan fingerprint density at radius 2 is 0.925 bits per heavy atom. The van der Waals surface area contributed by atoms with E-state index in [0.29, 0.717) is 5.82 Å². The number of fused-ring (bicyclic) bond motifs is 5. The number of rotatable bonds is 6. The zero-order valence-electron chi connectivity index (χ0n) is 28.6. The summed E-state index contributed by atoms with van der Waals surface area (Å²) in [6, 6.07) is 60.7. The molecule has 0 aliphatic carbocycles. The van der Waals surface area contributed by atoms with Crippen molar-refractivity contribution in [3.63, 3.8) is 0 Å². The Morgan fingerprint density at radius 3 is 1.68 bits per heavy atom. The van der Waals surface area contributed by atoms with Crippen molar-refractivity contribution in [2.45, 2.75) is 0 Å². The Bertz CT molecular complexity index is 2920. The van der Waals surface area contributed by atoms with Gasteiger partial charge in [-0.15, -0.1) is 0 Å². The van der Waals surface area contributed by atoms with E-state index in [1.165, 1.54) is 11.1 Å². The summed E-state index contributed by atoms with van der Waals surface area (Å²) in [5.41, 5.74) is 12.8. The van der Waals surface area contributed by atoms with Crippen molar-refractivity contribution < 1.29 is 0 Å². The van der Waals surface area contributed by atoms with Crippen molar-refractivity contribution in [2.75, 3.05) is 0 Å². The lowest BCUT2D eigenvalue weighted by atomic mass is 9.98. The molecule has 6 aromatic carbocycles. The Hall–Kier alpha value is -7.24. The first-order chi connectivity index (χ1) is 26.2. The van der Waals surface area contributed by atoms with Crippen LogP contribution in [0.5, 0.6) is 0 Å². The highest BCUT2D eigenvalue weighted by Gasteiger charge is 2.17. The molecule has 10 aromatic rings. The zero-order chi connectivity index (χ0) is 35.1. The fraction of sp³-hybridized carbons (Fsp3) is 0. The second-order valence-corrected chi connectivity index (χ2v) is 13.2. The molecule has 0 saturated carbocycles. The van der Waals surface area contributed by atoms with Crippen molar-refractivity contribution >= 4 is 27.3 Å². The summed E-state index contributed by atoms with van der Waals surface area (Å²) >= 11 is 0. The molecule has 0 spiro atoms. The van der Waals surface area contributed by atoms with Gasteiger partial charge in [0.25, 0.3) is 0 Å². The van der Waals surface area contributed by atoms with Gasteiger partial charge < -0.3 is 4.40 Å². The summed E-state index contributed by atoms with van der Waals surface area (Å²) in [7, 11) is 0. The van der Waals surface area contributed by atoms with Crippen molar-refractivity contribution in [1.29, 1.82) is 0 Å². The number of imidazole rings is 1. The monoisotopic (exact) mass is 677 g/mol. The first-order valence-electron chi connectivity index (χ1n) is 17.7. The highest BCUT2D eigenvalue weighted by molar-refractivity contribution is 6.16. The van der Waals surface area contributed by atoms with Crippen LogP contribution in [-0.4, -0.2) is 24.3 Å². The molecule has 0 radical (unpaired) electrons. The van der Waals surface area contributed by atoms with E-state index < -0.39 is 0 Å². The minimum Gasteiger partial charge on any atom is -0.306 e. The Labute approximate surface area is 306 Å². The minimum absolute atomic E-state index is 0.681. The van der Waals surface area contributed by atoms with Crippen molar-refractivity contribution in [1.82, 2.24) is 24.3 Å². The summed E-state index contributed by atoms with van der Waals surface area (Å²) < 4.78 is 2.12. The van der Waals surface area contributed by atoms with Crippen LogP contribution in [0.15, 0.2) is 188 Å². The molecule has 4 aromatic heterocycles. The lowest BCUT2D eigenvalue weighted by Gasteiger charge is -2.13. The Kier molecular flexibility index (Phi) is 7.40. The predicted octanol–water partition coefficient (Wildman–Crippen LogP) is 11.8. The number of pyridine rings is 2. The fourth-order valence-corrected chi connectivity index (χ4v) is 7.19. The van der Waals surface area contributed by atoms with E-state index in [1.54, 1.807) is 0 Å². The van der Waals surface area contributed by atoms with E-state index in [9.17, 15) is 0 Å². The fourth-order valence-electron chi connectivity index (χ4n) is 7.19. The van der Waals surface area contributed by atoms with Crippen LogP contribution in [0, 0.1) is 0 Å². The maximum Gasteiger partial charge on any atom is 0.160 e. The third-order valence-electron chi connectivity index (χ3n) is 9.84. The Balaban J connectivity index is 1.13. The molecule has 248 valence electrons. The lowest BCUT2D eigenvalue weighted by Crippen LogP contribution is -1.97. The summed E-state index contributed by atoms with van der Waals surface area (Å²) in [6.45, 7) is 0. The number of aromatic nitrogens is 5. The van der Waals surface area contributed by atoms with E-state index in [4.69, 9.17) is 19.9 Å². The molecule has 0 atom stereocenters. The minimum atomic E-state index is 0.681. The predicted molar refractivity (Wildman–Crippen MR) is 216 cm³/mol. The molecule has 0 aliphatic heterocycles. The normalized spacial score (nSPS) is 11.4. The quantitative estimate of drug-likeness (QED) is 0.164. The van der Waals surface area contributed by atoms with E-state index in [-0.39, 0.29) is 0 Å². The molecule has 0 aliphatic rings. The van der Waals surface area contributed by atoms with Gasteiger partial charge in [-0.3, -0.25) is 0 Å². The largest absolute Gasteiger partial charge is 0.306 e. The maximum atomic E-state index is 5.27. The standard InChI is InChI=1S/C48H31N5/c1-4-13-32(14-5-1)33-23-25-35(26-24-33)42-30-43(51-47(50-42)36-17-8-3-9-18-36)37-19-12-20-38(29-37)46-40-27-28-53-31-44(34-15-6-2-7-16-34)52-48(53)45(40)39-21-10-11-22-41(39)49-46/h1-31H. The average Bonchev–Trinajstić information content (AvgIpc) is 3.69. The van der Waals surface area contributed by atoms with E-state index in [1.807, 2.05) is 48.5 Å². The average molecular weight is 678 g/mol.